The van der Waals surface area contributed by atoms with Gasteiger partial charge in [0, 0.05) is 93.2 Å². The number of aromatic nitrogens is 6. The summed E-state index contributed by atoms with van der Waals surface area (Å²) in [5.74, 6) is 1.35. The smallest absolute Gasteiger partial charge is 0.160 e. The predicted octanol–water partition coefficient (Wildman–Crippen LogP) is 31.3. The lowest BCUT2D eigenvalue weighted by Crippen LogP contribution is -1.97. The van der Waals surface area contributed by atoms with Gasteiger partial charge in [0.05, 0.1) is 45.2 Å². The summed E-state index contributed by atoms with van der Waals surface area (Å²) in [6, 6.07) is 162. The second-order valence-electron chi connectivity index (χ2n) is 31.5. The third kappa shape index (κ3) is 14.7. The quantitative estimate of drug-likeness (QED) is 0.0945. The Labute approximate surface area is 724 Å². The number of hydrogen-bond donors (Lipinski definition) is 0. The van der Waals surface area contributed by atoms with Crippen LogP contribution in [0.25, 0.3) is 233 Å². The van der Waals surface area contributed by atoms with Gasteiger partial charge in [-0.1, -0.05) is 400 Å². The number of pyridine rings is 2. The molecular formula is C118H76N6O. The van der Waals surface area contributed by atoms with Gasteiger partial charge in [0.15, 0.2) is 11.6 Å². The van der Waals surface area contributed by atoms with Gasteiger partial charge in [-0.2, -0.15) is 0 Å². The molecule has 0 saturated heterocycles. The molecule has 0 atom stereocenters. The number of nitrogens with zero attached hydrogens (tertiary/aromatic N) is 6. The van der Waals surface area contributed by atoms with Crippen LogP contribution in [0.3, 0.4) is 0 Å². The molecule has 7 heteroatoms. The summed E-state index contributed by atoms with van der Waals surface area (Å²) in [7, 11) is 0. The van der Waals surface area contributed by atoms with Crippen LogP contribution in [-0.2, 0) is 0 Å². The van der Waals surface area contributed by atoms with Crippen LogP contribution in [0.15, 0.2) is 465 Å². The molecule has 584 valence electrons. The first-order valence-corrected chi connectivity index (χ1v) is 42.3. The summed E-state index contributed by atoms with van der Waals surface area (Å²) in [6.07, 6.45) is 0. The largest absolute Gasteiger partial charge is 0.455 e. The maximum absolute atomic E-state index is 6.38. The lowest BCUT2D eigenvalue weighted by Gasteiger charge is -2.15. The molecule has 125 heavy (non-hydrogen) atoms. The normalized spacial score (nSPS) is 11.4. The summed E-state index contributed by atoms with van der Waals surface area (Å²) in [4.78, 5) is 31.6. The number of furan rings is 1. The van der Waals surface area contributed by atoms with E-state index in [2.05, 4.69) is 413 Å². The Hall–Kier alpha value is -16.7. The second kappa shape index (κ2) is 32.8. The fraction of sp³-hybridized carbons (Fsp3) is 0. The molecule has 23 rings (SSSR count). The molecule has 23 aromatic rings. The van der Waals surface area contributed by atoms with Crippen molar-refractivity contribution in [3.63, 3.8) is 0 Å². The third-order valence-electron chi connectivity index (χ3n) is 23.7. The molecule has 0 bridgehead atoms. The zero-order chi connectivity index (χ0) is 82.9. The highest BCUT2D eigenvalue weighted by molar-refractivity contribution is 6.19. The minimum Gasteiger partial charge on any atom is -0.455 e. The van der Waals surface area contributed by atoms with Gasteiger partial charge in [0.1, 0.15) is 11.2 Å². The van der Waals surface area contributed by atoms with Crippen LogP contribution >= 0.6 is 0 Å². The molecule has 0 aliphatic carbocycles. The first-order valence-electron chi connectivity index (χ1n) is 42.3. The van der Waals surface area contributed by atoms with Crippen molar-refractivity contribution in [3.8, 4) is 168 Å². The lowest BCUT2D eigenvalue weighted by atomic mass is 9.92. The predicted molar refractivity (Wildman–Crippen MR) is 518 cm³/mol. The van der Waals surface area contributed by atoms with Crippen LogP contribution in [0.4, 0.5) is 0 Å². The number of hydrogen-bond acceptors (Lipinski definition) is 7. The van der Waals surface area contributed by atoms with Gasteiger partial charge < -0.3 is 4.42 Å². The van der Waals surface area contributed by atoms with Crippen LogP contribution in [0.5, 0.6) is 0 Å². The maximum atomic E-state index is 6.38. The van der Waals surface area contributed by atoms with Gasteiger partial charge in [-0.05, 0) is 133 Å². The molecule has 0 fully saturated rings. The Morgan fingerprint density at radius 2 is 0.448 bits per heavy atom. The van der Waals surface area contributed by atoms with E-state index in [1.165, 1.54) is 33.0 Å². The van der Waals surface area contributed by atoms with Crippen molar-refractivity contribution in [2.75, 3.05) is 0 Å². The summed E-state index contributed by atoms with van der Waals surface area (Å²) in [5, 5.41) is 9.17. The number of fused-ring (bicyclic) bond motifs is 9. The van der Waals surface area contributed by atoms with Crippen molar-refractivity contribution in [2.24, 2.45) is 0 Å². The Balaban J connectivity index is 0.000000148. The van der Waals surface area contributed by atoms with Gasteiger partial charge in [-0.15, -0.1) is 0 Å². The zero-order valence-electron chi connectivity index (χ0n) is 68.0. The first kappa shape index (κ1) is 74.5. The molecule has 5 heterocycles. The topological polar surface area (TPSA) is 90.5 Å². The van der Waals surface area contributed by atoms with E-state index in [0.29, 0.717) is 11.6 Å². The Bertz CT molecular complexity index is 7910. The molecule has 0 N–H and O–H groups in total. The van der Waals surface area contributed by atoms with E-state index in [9.17, 15) is 0 Å². The Morgan fingerprint density at radius 3 is 0.896 bits per heavy atom. The lowest BCUT2D eigenvalue weighted by molar-refractivity contribution is 0.670. The Morgan fingerprint density at radius 1 is 0.152 bits per heavy atom. The van der Waals surface area contributed by atoms with Gasteiger partial charge in [0.25, 0.3) is 0 Å². The van der Waals surface area contributed by atoms with E-state index in [4.69, 9.17) is 34.3 Å². The van der Waals surface area contributed by atoms with E-state index in [0.717, 1.165) is 189 Å². The van der Waals surface area contributed by atoms with Gasteiger partial charge in [0.2, 0.25) is 0 Å². The van der Waals surface area contributed by atoms with Gasteiger partial charge in [-0.3, -0.25) is 0 Å². The third-order valence-corrected chi connectivity index (χ3v) is 23.7. The Kier molecular flexibility index (Phi) is 19.5. The highest BCUT2D eigenvalue weighted by Crippen LogP contribution is 2.45. The fourth-order valence-corrected chi connectivity index (χ4v) is 17.6. The minimum atomic E-state index is 0.675. The van der Waals surface area contributed by atoms with Crippen LogP contribution in [-0.4, -0.2) is 29.9 Å². The van der Waals surface area contributed by atoms with Crippen molar-refractivity contribution >= 4 is 65.3 Å². The van der Waals surface area contributed by atoms with Crippen molar-refractivity contribution in [2.45, 2.75) is 0 Å². The molecule has 0 spiro atoms. The molecule has 0 radical (unpaired) electrons. The highest BCUT2D eigenvalue weighted by atomic mass is 16.3. The summed E-state index contributed by atoms with van der Waals surface area (Å²) >= 11 is 0. The van der Waals surface area contributed by atoms with Crippen LogP contribution in [0.2, 0.25) is 0 Å². The molecule has 0 aliphatic rings. The molecule has 7 nitrogen and oxygen atoms in total. The fourth-order valence-electron chi connectivity index (χ4n) is 17.6. The highest BCUT2D eigenvalue weighted by Gasteiger charge is 2.22. The number of rotatable bonds is 15. The average Bonchev–Trinajstić information content (AvgIpc) is 1.22. The SMILES string of the molecule is c1ccc(-c2cc(-c3ccccc3)cc(-c3cc(-c4cccc(-c5ccc6c(c5)nc(-c5ccccc5)c5cccc(-c7ccccc7)c56)c4)nc(-c4ccccc4)n3)c2)cc1.c1ccc(-c2nc(-c3ccc(-c4cccc5c4oc4ccccc45)cc3)cc(-c3cccc(-c4ccc5c(c4)nc(-c4ccccc4)c4cccc(-c6ccccc6)c45)c3)n2)cc1. The van der Waals surface area contributed by atoms with E-state index in [-0.39, 0.29) is 0 Å². The molecule has 0 amide bonds. The number of para-hydroxylation sites is 2. The van der Waals surface area contributed by atoms with Crippen molar-refractivity contribution in [1.29, 1.82) is 0 Å². The molecule has 18 aromatic carbocycles. The van der Waals surface area contributed by atoms with Gasteiger partial charge in [-0.25, -0.2) is 29.9 Å². The second-order valence-corrected chi connectivity index (χ2v) is 31.5. The van der Waals surface area contributed by atoms with E-state index in [1.807, 2.05) is 48.5 Å². The van der Waals surface area contributed by atoms with Crippen LogP contribution in [0.1, 0.15) is 0 Å². The van der Waals surface area contributed by atoms with Crippen molar-refractivity contribution in [3.05, 3.63) is 461 Å². The minimum absolute atomic E-state index is 0.675. The molecule has 0 saturated carbocycles. The van der Waals surface area contributed by atoms with Crippen LogP contribution < -0.4 is 0 Å². The van der Waals surface area contributed by atoms with Gasteiger partial charge >= 0.3 is 0 Å². The number of benzene rings is 18. The van der Waals surface area contributed by atoms with E-state index < -0.39 is 0 Å². The van der Waals surface area contributed by atoms with Crippen molar-refractivity contribution < 1.29 is 4.42 Å². The average molecular weight is 1590 g/mol. The standard InChI is InChI=1S/C59H37N3O.C59H39N3/c1-4-15-38(16-5-1)46-24-13-27-51-56(46)50-34-33-44(36-54(50)60-57(51)41-17-6-2-7-18-41)43-21-12-22-45(35-43)53-37-52(61-59(62-53)42-19-8-3-9-20-42)40-31-29-39(30-32-40)47-25-14-26-49-48-23-10-11-28-55(48)63-58(47)49;1-6-18-40(19-7-1)48-35-49(41-20-8-2-9-21-41)37-50(36-48)55-39-54(61-59(62-55)44-26-14-5-15-27-44)47-29-16-28-45(34-47)46-32-33-52-56(38-46)60-58(43-24-12-4-13-25-43)53-31-17-30-51(57(52)53)42-22-10-3-11-23-42/h1-37H;1-39H. The first-order chi connectivity index (χ1) is 61.9. The summed E-state index contributed by atoms with van der Waals surface area (Å²) in [6.45, 7) is 0. The zero-order valence-corrected chi connectivity index (χ0v) is 68.0. The van der Waals surface area contributed by atoms with E-state index >= 15 is 0 Å². The summed E-state index contributed by atoms with van der Waals surface area (Å²) in [5.41, 5.74) is 33.0. The molecule has 0 aliphatic heterocycles. The van der Waals surface area contributed by atoms with Crippen LogP contribution in [0, 0.1) is 0 Å². The van der Waals surface area contributed by atoms with Crippen molar-refractivity contribution in [1.82, 2.24) is 29.9 Å². The monoisotopic (exact) mass is 1590 g/mol. The summed E-state index contributed by atoms with van der Waals surface area (Å²) < 4.78 is 6.38. The molecule has 5 aromatic heterocycles. The van der Waals surface area contributed by atoms with E-state index in [1.54, 1.807) is 0 Å². The molecular weight excluding hydrogens is 1520 g/mol. The maximum Gasteiger partial charge on any atom is 0.160 e. The molecule has 0 unspecified atom stereocenters.